The summed E-state index contributed by atoms with van der Waals surface area (Å²) in [6.45, 7) is 4.25. The van der Waals surface area contributed by atoms with E-state index in [0.29, 0.717) is 39.5 Å². The fourth-order valence-electron chi connectivity index (χ4n) is 2.10. The van der Waals surface area contributed by atoms with E-state index in [2.05, 4.69) is 35.2 Å². The highest BCUT2D eigenvalue weighted by atomic mass is 35.5. The fourth-order valence-corrected chi connectivity index (χ4v) is 3.14. The molecule has 2 rings (SSSR count). The Hall–Kier alpha value is -2.10. The van der Waals surface area contributed by atoms with Gasteiger partial charge in [0.15, 0.2) is 0 Å². The Bertz CT molecular complexity index is 772. The van der Waals surface area contributed by atoms with E-state index in [-0.39, 0.29) is 5.91 Å². The molecule has 1 amide bonds. The zero-order chi connectivity index (χ0) is 18.2. The van der Waals surface area contributed by atoms with Crippen LogP contribution in [0.15, 0.2) is 35.5 Å². The number of anilines is 1. The highest BCUT2D eigenvalue weighted by Gasteiger charge is 2.10. The van der Waals surface area contributed by atoms with E-state index in [4.69, 9.17) is 11.6 Å². The summed E-state index contributed by atoms with van der Waals surface area (Å²) in [5.74, 6) is 1.36. The molecule has 0 saturated heterocycles. The van der Waals surface area contributed by atoms with Crippen molar-refractivity contribution in [3.63, 3.8) is 0 Å². The molecule has 25 heavy (non-hydrogen) atoms. The highest BCUT2D eigenvalue weighted by molar-refractivity contribution is 7.99. The van der Waals surface area contributed by atoms with Crippen molar-refractivity contribution in [2.75, 3.05) is 11.1 Å². The lowest BCUT2D eigenvalue weighted by molar-refractivity contribution is -0.115. The first-order chi connectivity index (χ1) is 12.0. The Balaban J connectivity index is 1.90. The van der Waals surface area contributed by atoms with Crippen LogP contribution < -0.4 is 5.32 Å². The number of nitriles is 1. The standard InChI is InChI=1S/C18H19ClN4OS/c1-12(2)9-15-5-3-13(10-20)18(22-15)25-8-7-17(24)23-16-6-4-14(19)11-21-16/h3-6,11-12H,7-9H2,1-2H3,(H,21,23,24). The number of hydrogen-bond acceptors (Lipinski definition) is 5. The second-order valence-electron chi connectivity index (χ2n) is 5.87. The van der Waals surface area contributed by atoms with Gasteiger partial charge in [0.25, 0.3) is 0 Å². The minimum absolute atomic E-state index is 0.140. The molecule has 0 aromatic carbocycles. The van der Waals surface area contributed by atoms with Gasteiger partial charge in [0.2, 0.25) is 5.91 Å². The highest BCUT2D eigenvalue weighted by Crippen LogP contribution is 2.22. The van der Waals surface area contributed by atoms with Gasteiger partial charge in [-0.3, -0.25) is 4.79 Å². The molecule has 2 aromatic heterocycles. The van der Waals surface area contributed by atoms with Crippen molar-refractivity contribution in [3.05, 3.63) is 46.7 Å². The predicted octanol–water partition coefficient (Wildman–Crippen LogP) is 4.32. The fraction of sp³-hybridized carbons (Fsp3) is 0.333. The monoisotopic (exact) mass is 374 g/mol. The Morgan fingerprint density at radius 3 is 2.80 bits per heavy atom. The van der Waals surface area contributed by atoms with Crippen LogP contribution in [0.5, 0.6) is 0 Å². The summed E-state index contributed by atoms with van der Waals surface area (Å²) < 4.78 is 0. The Kier molecular flexibility index (Phi) is 7.23. The van der Waals surface area contributed by atoms with Crippen molar-refractivity contribution < 1.29 is 4.79 Å². The van der Waals surface area contributed by atoms with E-state index in [0.717, 1.165) is 12.1 Å². The normalized spacial score (nSPS) is 10.5. The van der Waals surface area contributed by atoms with Crippen molar-refractivity contribution >= 4 is 35.1 Å². The van der Waals surface area contributed by atoms with Crippen molar-refractivity contribution in [2.45, 2.75) is 31.7 Å². The van der Waals surface area contributed by atoms with E-state index in [9.17, 15) is 10.1 Å². The predicted molar refractivity (Wildman–Crippen MR) is 101 cm³/mol. The quantitative estimate of drug-likeness (QED) is 0.730. The van der Waals surface area contributed by atoms with Crippen molar-refractivity contribution in [3.8, 4) is 6.07 Å². The van der Waals surface area contributed by atoms with Crippen molar-refractivity contribution in [2.24, 2.45) is 5.92 Å². The molecule has 0 fully saturated rings. The molecule has 0 saturated carbocycles. The first-order valence-corrected chi connectivity index (χ1v) is 9.28. The Labute approximate surface area is 156 Å². The summed E-state index contributed by atoms with van der Waals surface area (Å²) in [4.78, 5) is 20.6. The number of nitrogens with one attached hydrogen (secondary N) is 1. The van der Waals surface area contributed by atoms with Crippen LogP contribution in [0.25, 0.3) is 0 Å². The average Bonchev–Trinajstić information content (AvgIpc) is 2.57. The third-order valence-electron chi connectivity index (χ3n) is 3.22. The second kappa shape index (κ2) is 9.40. The maximum absolute atomic E-state index is 12.0. The summed E-state index contributed by atoms with van der Waals surface area (Å²) in [5, 5.41) is 13.1. The van der Waals surface area contributed by atoms with Crippen molar-refractivity contribution in [1.29, 1.82) is 5.26 Å². The van der Waals surface area contributed by atoms with Gasteiger partial charge < -0.3 is 5.32 Å². The molecule has 2 aromatic rings. The number of carbonyl (C=O) groups is 1. The first kappa shape index (κ1) is 19.2. The van der Waals surface area contributed by atoms with Crippen LogP contribution in [0.4, 0.5) is 5.82 Å². The average molecular weight is 375 g/mol. The third kappa shape index (κ3) is 6.37. The number of aromatic nitrogens is 2. The van der Waals surface area contributed by atoms with Crippen LogP contribution in [-0.2, 0) is 11.2 Å². The molecule has 2 heterocycles. The van der Waals surface area contributed by atoms with E-state index >= 15 is 0 Å². The van der Waals surface area contributed by atoms with Gasteiger partial charge >= 0.3 is 0 Å². The second-order valence-corrected chi connectivity index (χ2v) is 7.39. The molecule has 0 aliphatic rings. The van der Waals surface area contributed by atoms with Crippen LogP contribution in [0, 0.1) is 17.2 Å². The van der Waals surface area contributed by atoms with Crippen LogP contribution in [-0.4, -0.2) is 21.6 Å². The van der Waals surface area contributed by atoms with Crippen LogP contribution in [0.1, 0.15) is 31.5 Å². The summed E-state index contributed by atoms with van der Waals surface area (Å²) in [6, 6.07) is 9.16. The zero-order valence-electron chi connectivity index (χ0n) is 14.1. The zero-order valence-corrected chi connectivity index (χ0v) is 15.7. The Morgan fingerprint density at radius 2 is 2.16 bits per heavy atom. The molecule has 7 heteroatoms. The number of halogens is 1. The van der Waals surface area contributed by atoms with Gasteiger partial charge in [-0.1, -0.05) is 25.4 Å². The van der Waals surface area contributed by atoms with E-state index in [1.807, 2.05) is 6.07 Å². The van der Waals surface area contributed by atoms with Crippen LogP contribution >= 0.6 is 23.4 Å². The number of pyridine rings is 2. The number of amides is 1. The number of carbonyl (C=O) groups excluding carboxylic acids is 1. The van der Waals surface area contributed by atoms with Gasteiger partial charge in [-0.15, -0.1) is 11.8 Å². The molecule has 0 atom stereocenters. The molecule has 0 aliphatic heterocycles. The molecule has 0 unspecified atom stereocenters. The molecular formula is C18H19ClN4OS. The van der Waals surface area contributed by atoms with Gasteiger partial charge in [0, 0.05) is 24.1 Å². The molecule has 1 N–H and O–H groups in total. The molecule has 0 radical (unpaired) electrons. The summed E-state index contributed by atoms with van der Waals surface area (Å²) in [5.41, 5.74) is 1.50. The maximum atomic E-state index is 12.0. The summed E-state index contributed by atoms with van der Waals surface area (Å²) >= 11 is 7.18. The van der Waals surface area contributed by atoms with Crippen LogP contribution in [0.3, 0.4) is 0 Å². The lowest BCUT2D eigenvalue weighted by Crippen LogP contribution is -2.13. The molecule has 130 valence electrons. The topological polar surface area (TPSA) is 78.7 Å². The lowest BCUT2D eigenvalue weighted by atomic mass is 10.1. The molecule has 0 aliphatic carbocycles. The maximum Gasteiger partial charge on any atom is 0.226 e. The smallest absolute Gasteiger partial charge is 0.226 e. The number of rotatable bonds is 7. The van der Waals surface area contributed by atoms with Gasteiger partial charge in [-0.05, 0) is 36.6 Å². The number of thioether (sulfide) groups is 1. The SMILES string of the molecule is CC(C)Cc1ccc(C#N)c(SCCC(=O)Nc2ccc(Cl)cn2)n1. The number of nitrogens with zero attached hydrogens (tertiary/aromatic N) is 3. The summed E-state index contributed by atoms with van der Waals surface area (Å²) in [6.07, 6.45) is 2.65. The molecular weight excluding hydrogens is 356 g/mol. The molecule has 5 nitrogen and oxygen atoms in total. The number of hydrogen-bond donors (Lipinski definition) is 1. The van der Waals surface area contributed by atoms with E-state index in [1.54, 1.807) is 18.2 Å². The minimum atomic E-state index is -0.140. The summed E-state index contributed by atoms with van der Waals surface area (Å²) in [7, 11) is 0. The Morgan fingerprint density at radius 1 is 1.36 bits per heavy atom. The minimum Gasteiger partial charge on any atom is -0.311 e. The lowest BCUT2D eigenvalue weighted by Gasteiger charge is -2.08. The van der Waals surface area contributed by atoms with Gasteiger partial charge in [-0.25, -0.2) is 9.97 Å². The van der Waals surface area contributed by atoms with E-state index < -0.39 is 0 Å². The first-order valence-electron chi connectivity index (χ1n) is 7.92. The van der Waals surface area contributed by atoms with Gasteiger partial charge in [0.05, 0.1) is 10.6 Å². The van der Waals surface area contributed by atoms with Gasteiger partial charge in [0.1, 0.15) is 16.9 Å². The largest absolute Gasteiger partial charge is 0.311 e. The molecule has 0 bridgehead atoms. The van der Waals surface area contributed by atoms with Gasteiger partial charge in [-0.2, -0.15) is 5.26 Å². The molecule has 0 spiro atoms. The van der Waals surface area contributed by atoms with Crippen LogP contribution in [0.2, 0.25) is 5.02 Å². The van der Waals surface area contributed by atoms with E-state index in [1.165, 1.54) is 18.0 Å². The van der Waals surface area contributed by atoms with Crippen molar-refractivity contribution in [1.82, 2.24) is 9.97 Å². The third-order valence-corrected chi connectivity index (χ3v) is 4.44.